The maximum atomic E-state index is 14.4. The number of phenols is 1. The lowest BCUT2D eigenvalue weighted by Gasteiger charge is -2.49. The van der Waals surface area contributed by atoms with Gasteiger partial charge in [0.05, 0.1) is 31.1 Å². The van der Waals surface area contributed by atoms with Crippen molar-refractivity contribution in [2.75, 3.05) is 12.0 Å². The van der Waals surface area contributed by atoms with E-state index in [0.29, 0.717) is 16.8 Å². The van der Waals surface area contributed by atoms with Crippen LogP contribution in [0.3, 0.4) is 0 Å². The highest BCUT2D eigenvalue weighted by Crippen LogP contribution is 2.64. The predicted molar refractivity (Wildman–Crippen MR) is 159 cm³/mol. The molecule has 2 fully saturated rings. The van der Waals surface area contributed by atoms with Crippen molar-refractivity contribution in [1.82, 2.24) is 13.9 Å². The first-order chi connectivity index (χ1) is 21.0. The standard InChI is InChI=1S/C31H23Cl2FN4O6/c1-44-24-15-17(7-12-23(24)39)25-21-13-14-35-28(42)37(19-5-3-2-4-6-19)29(43)38(35)22(21)16-30(32)26(40)36(27(41)31(25,30)33)20-10-8-18(34)9-11-20/h2-13,15,22,25,39H,14,16H2,1H3. The van der Waals surface area contributed by atoms with Gasteiger partial charge in [0, 0.05) is 12.3 Å². The van der Waals surface area contributed by atoms with E-state index in [1.807, 2.05) is 0 Å². The first-order valence-corrected chi connectivity index (χ1v) is 14.4. The molecule has 0 radical (unpaired) electrons. The van der Waals surface area contributed by atoms with E-state index in [-0.39, 0.29) is 30.2 Å². The summed E-state index contributed by atoms with van der Waals surface area (Å²) in [5.41, 5.74) is 0.0402. The van der Waals surface area contributed by atoms with Gasteiger partial charge in [-0.2, -0.15) is 0 Å². The monoisotopic (exact) mass is 636 g/mol. The summed E-state index contributed by atoms with van der Waals surface area (Å²) < 4.78 is 22.7. The van der Waals surface area contributed by atoms with E-state index in [1.54, 1.807) is 36.4 Å². The Morgan fingerprint density at radius 2 is 1.61 bits per heavy atom. The number of benzene rings is 3. The maximum absolute atomic E-state index is 14.4. The molecule has 2 amide bonds. The van der Waals surface area contributed by atoms with Crippen LogP contribution in [0.1, 0.15) is 23.9 Å². The fourth-order valence-electron chi connectivity index (χ4n) is 6.71. The van der Waals surface area contributed by atoms with Gasteiger partial charge in [-0.3, -0.25) is 9.59 Å². The molecular formula is C31H23Cl2FN4O6. The van der Waals surface area contributed by atoms with E-state index in [0.717, 1.165) is 21.6 Å². The normalized spacial score (nSPS) is 25.7. The van der Waals surface area contributed by atoms with E-state index < -0.39 is 50.7 Å². The van der Waals surface area contributed by atoms with Crippen LogP contribution in [-0.2, 0) is 16.1 Å². The number of hydrogen-bond donors (Lipinski definition) is 1. The molecule has 4 atom stereocenters. The molecule has 224 valence electrons. The Hall–Kier alpha value is -4.61. The number of rotatable bonds is 4. The third-order valence-electron chi connectivity index (χ3n) is 8.71. The van der Waals surface area contributed by atoms with Gasteiger partial charge in [-0.05, 0) is 59.7 Å². The van der Waals surface area contributed by atoms with E-state index in [2.05, 4.69) is 0 Å². The van der Waals surface area contributed by atoms with E-state index in [4.69, 9.17) is 27.9 Å². The number of nitrogens with zero attached hydrogens (tertiary/aromatic N) is 4. The number of para-hydroxylation sites is 1. The maximum Gasteiger partial charge on any atom is 0.352 e. The molecule has 0 bridgehead atoms. The van der Waals surface area contributed by atoms with Crippen molar-refractivity contribution in [2.45, 2.75) is 34.7 Å². The quantitative estimate of drug-likeness (QED) is 0.207. The molecule has 4 aromatic rings. The number of halogens is 3. The van der Waals surface area contributed by atoms with Crippen molar-refractivity contribution < 1.29 is 23.8 Å². The summed E-state index contributed by atoms with van der Waals surface area (Å²) in [6.45, 7) is -0.0302. The van der Waals surface area contributed by atoms with Gasteiger partial charge in [-0.1, -0.05) is 30.3 Å². The Balaban J connectivity index is 1.48. The molecule has 3 aromatic carbocycles. The topological polar surface area (TPSA) is 116 Å². The smallest absolute Gasteiger partial charge is 0.352 e. The zero-order valence-electron chi connectivity index (χ0n) is 23.0. The summed E-state index contributed by atoms with van der Waals surface area (Å²) in [5.74, 6) is -3.47. The SMILES string of the molecule is COc1cc(C2C3=CCn4c(=O)n(-c5ccccc5)c(=O)n4C3CC3(Cl)C(=O)N(c4ccc(F)cc4)C(=O)C23Cl)ccc1O. The average molecular weight is 637 g/mol. The van der Waals surface area contributed by atoms with Crippen molar-refractivity contribution in [3.05, 3.63) is 117 Å². The molecule has 13 heteroatoms. The number of aromatic nitrogens is 3. The Labute approximate surface area is 258 Å². The minimum Gasteiger partial charge on any atom is -0.504 e. The summed E-state index contributed by atoms with van der Waals surface area (Å²) >= 11 is 14.6. The van der Waals surface area contributed by atoms with Crippen LogP contribution >= 0.6 is 23.2 Å². The van der Waals surface area contributed by atoms with Gasteiger partial charge in [0.2, 0.25) is 0 Å². The van der Waals surface area contributed by atoms with Crippen LogP contribution in [0, 0.1) is 5.82 Å². The molecular weight excluding hydrogens is 614 g/mol. The van der Waals surface area contributed by atoms with Crippen molar-refractivity contribution >= 4 is 40.7 Å². The highest BCUT2D eigenvalue weighted by atomic mass is 35.5. The van der Waals surface area contributed by atoms with Crippen molar-refractivity contribution in [2.24, 2.45) is 0 Å². The molecule has 10 nitrogen and oxygen atoms in total. The summed E-state index contributed by atoms with van der Waals surface area (Å²) in [5, 5.41) is 10.3. The number of hydrogen-bond acceptors (Lipinski definition) is 6. The molecule has 1 aromatic heterocycles. The lowest BCUT2D eigenvalue weighted by Crippen LogP contribution is -2.59. The summed E-state index contributed by atoms with van der Waals surface area (Å²) in [7, 11) is 1.36. The lowest BCUT2D eigenvalue weighted by molar-refractivity contribution is -0.122. The highest BCUT2D eigenvalue weighted by Gasteiger charge is 2.75. The molecule has 44 heavy (non-hydrogen) atoms. The van der Waals surface area contributed by atoms with Gasteiger partial charge in [0.25, 0.3) is 11.8 Å². The van der Waals surface area contributed by atoms with Gasteiger partial charge in [0.1, 0.15) is 5.82 Å². The summed E-state index contributed by atoms with van der Waals surface area (Å²) in [6.07, 6.45) is 1.40. The van der Waals surface area contributed by atoms with E-state index in [9.17, 15) is 28.7 Å². The summed E-state index contributed by atoms with van der Waals surface area (Å²) in [4.78, 5) is 52.7. The van der Waals surface area contributed by atoms with Crippen molar-refractivity contribution in [1.29, 1.82) is 0 Å². The number of methoxy groups -OCH3 is 1. The number of anilines is 1. The second kappa shape index (κ2) is 9.70. The molecule has 3 aliphatic rings. The first-order valence-electron chi connectivity index (χ1n) is 13.6. The van der Waals surface area contributed by atoms with Crippen LogP contribution in [0.4, 0.5) is 10.1 Å². The molecule has 3 heterocycles. The van der Waals surface area contributed by atoms with Crippen LogP contribution in [0.15, 0.2) is 94.0 Å². The van der Waals surface area contributed by atoms with Crippen LogP contribution < -0.4 is 21.0 Å². The highest BCUT2D eigenvalue weighted by molar-refractivity contribution is 6.58. The number of allylic oxidation sites excluding steroid dienone is 2. The third-order valence-corrected chi connectivity index (χ3v) is 10.1. The molecule has 1 saturated carbocycles. The molecule has 1 saturated heterocycles. The van der Waals surface area contributed by atoms with Gasteiger partial charge in [-0.15, -0.1) is 23.2 Å². The second-order valence-corrected chi connectivity index (χ2v) is 12.1. The Bertz CT molecular complexity index is 2020. The Kier molecular flexibility index (Phi) is 6.21. The van der Waals surface area contributed by atoms with Gasteiger partial charge in [0.15, 0.2) is 21.2 Å². The number of ether oxygens (including phenoxy) is 1. The molecule has 7 rings (SSSR count). The van der Waals surface area contributed by atoms with Crippen LogP contribution in [0.5, 0.6) is 11.5 Å². The number of phenolic OH excluding ortho intramolecular Hbond substituents is 1. The molecule has 1 N–H and O–H groups in total. The zero-order chi connectivity index (χ0) is 31.1. The number of fused-ring (bicyclic) bond motifs is 4. The molecule has 2 aliphatic heterocycles. The average Bonchev–Trinajstić information content (AvgIpc) is 3.36. The van der Waals surface area contributed by atoms with Crippen LogP contribution in [0.2, 0.25) is 0 Å². The van der Waals surface area contributed by atoms with Crippen LogP contribution in [-0.4, -0.2) is 47.7 Å². The molecule has 0 spiro atoms. The van der Waals surface area contributed by atoms with E-state index in [1.165, 1.54) is 46.8 Å². The Morgan fingerprint density at radius 1 is 0.909 bits per heavy atom. The zero-order valence-corrected chi connectivity index (χ0v) is 24.5. The fraction of sp³-hybridized carbons (Fsp3) is 0.226. The van der Waals surface area contributed by atoms with Gasteiger partial charge >= 0.3 is 11.4 Å². The fourth-order valence-corrected chi connectivity index (χ4v) is 7.62. The minimum absolute atomic E-state index is 0.0302. The molecule has 4 unspecified atom stereocenters. The predicted octanol–water partition coefficient (Wildman–Crippen LogP) is 3.85. The van der Waals surface area contributed by atoms with Crippen molar-refractivity contribution in [3.8, 4) is 17.2 Å². The van der Waals surface area contributed by atoms with E-state index >= 15 is 0 Å². The third kappa shape index (κ3) is 3.59. The van der Waals surface area contributed by atoms with Crippen molar-refractivity contribution in [3.63, 3.8) is 0 Å². The van der Waals surface area contributed by atoms with Gasteiger partial charge < -0.3 is 9.84 Å². The largest absolute Gasteiger partial charge is 0.504 e. The van der Waals surface area contributed by atoms with Gasteiger partial charge in [-0.25, -0.2) is 32.8 Å². The minimum atomic E-state index is -2.13. The lowest BCUT2D eigenvalue weighted by atomic mass is 9.64. The number of aromatic hydroxyl groups is 1. The number of amides is 2. The molecule has 1 aliphatic carbocycles. The number of carbonyl (C=O) groups excluding carboxylic acids is 2. The number of carbonyl (C=O) groups is 2. The first kappa shape index (κ1) is 28.2. The van der Waals surface area contributed by atoms with Crippen LogP contribution in [0.25, 0.3) is 5.69 Å². The Morgan fingerprint density at radius 3 is 2.30 bits per heavy atom. The number of alkyl halides is 2. The number of imide groups is 1. The second-order valence-electron chi connectivity index (χ2n) is 10.9. The summed E-state index contributed by atoms with van der Waals surface area (Å²) in [6, 6.07) is 16.6.